The molecule has 1 aliphatic heterocycles. The molecule has 0 unspecified atom stereocenters. The van der Waals surface area contributed by atoms with Crippen LogP contribution in [-0.2, 0) is 10.4 Å². The Kier molecular flexibility index (Phi) is 7.51. The number of nitrogens with two attached hydrogens (primary N) is 1. The normalized spacial score (nSPS) is 16.3. The molecule has 0 atom stereocenters. The zero-order valence-electron chi connectivity index (χ0n) is 10.3. The first-order valence-corrected chi connectivity index (χ1v) is 6.74. The Balaban J connectivity index is 0.000000494. The van der Waals surface area contributed by atoms with E-state index in [-0.39, 0.29) is 5.96 Å². The third-order valence-corrected chi connectivity index (χ3v) is 2.26. The average Bonchev–Trinajstić information content (AvgIpc) is 2.18. The highest BCUT2D eigenvalue weighted by Gasteiger charge is 2.07. The van der Waals surface area contributed by atoms with Crippen molar-refractivity contribution in [1.29, 1.82) is 5.41 Å². The molecule has 1 heterocycles. The van der Waals surface area contributed by atoms with Gasteiger partial charge in [-0.1, -0.05) is 11.6 Å². The molecular formula is C9H20N4O4S. The summed E-state index contributed by atoms with van der Waals surface area (Å²) < 4.78 is 31.6. The molecule has 1 rings (SSSR count). The van der Waals surface area contributed by atoms with Crippen molar-refractivity contribution in [2.24, 2.45) is 5.73 Å². The van der Waals surface area contributed by atoms with E-state index in [1.165, 1.54) is 12.0 Å². The maximum atomic E-state index is 8.74. The van der Waals surface area contributed by atoms with Gasteiger partial charge in [-0.2, -0.15) is 8.42 Å². The number of rotatable bonds is 3. The Morgan fingerprint density at radius 1 is 1.61 bits per heavy atom. The number of hydrogen-bond donors (Lipinski definition) is 5. The van der Waals surface area contributed by atoms with Gasteiger partial charge in [0.05, 0.1) is 0 Å². The van der Waals surface area contributed by atoms with E-state index in [1.54, 1.807) is 0 Å². The lowest BCUT2D eigenvalue weighted by Gasteiger charge is -2.25. The van der Waals surface area contributed by atoms with Crippen molar-refractivity contribution in [3.8, 4) is 0 Å². The zero-order valence-corrected chi connectivity index (χ0v) is 11.1. The predicted molar refractivity (Wildman–Crippen MR) is 68.9 cm³/mol. The minimum Gasteiger partial charge on any atom is -0.370 e. The van der Waals surface area contributed by atoms with E-state index >= 15 is 0 Å². The first-order chi connectivity index (χ1) is 8.18. The number of nitrogens with one attached hydrogen (secondary N) is 2. The van der Waals surface area contributed by atoms with Crippen molar-refractivity contribution in [2.75, 3.05) is 26.2 Å². The molecule has 0 aromatic carbocycles. The Bertz CT molecular complexity index is 385. The molecule has 18 heavy (non-hydrogen) atoms. The van der Waals surface area contributed by atoms with Crippen LogP contribution in [0.1, 0.15) is 13.3 Å². The van der Waals surface area contributed by atoms with E-state index in [0.29, 0.717) is 0 Å². The van der Waals surface area contributed by atoms with Crippen molar-refractivity contribution in [3.05, 3.63) is 11.6 Å². The number of hydrogen-bond acceptors (Lipinski definition) is 4. The van der Waals surface area contributed by atoms with Crippen LogP contribution in [0.2, 0.25) is 0 Å². The summed E-state index contributed by atoms with van der Waals surface area (Å²) in [6, 6.07) is 0. The maximum Gasteiger partial charge on any atom is 0.394 e. The quantitative estimate of drug-likeness (QED) is 0.202. The molecule has 0 amide bonds. The molecule has 0 aromatic rings. The Labute approximate surface area is 107 Å². The molecule has 0 radical (unpaired) electrons. The molecule has 1 aliphatic rings. The fourth-order valence-electron chi connectivity index (χ4n) is 1.36. The average molecular weight is 280 g/mol. The fourth-order valence-corrected chi connectivity index (χ4v) is 1.36. The van der Waals surface area contributed by atoms with E-state index in [4.69, 9.17) is 28.7 Å². The maximum absolute atomic E-state index is 8.74. The second-order valence-corrected chi connectivity index (χ2v) is 4.79. The lowest BCUT2D eigenvalue weighted by atomic mass is 10.1. The molecule has 0 aliphatic carbocycles. The summed E-state index contributed by atoms with van der Waals surface area (Å²) >= 11 is 0. The van der Waals surface area contributed by atoms with Gasteiger partial charge in [0.25, 0.3) is 0 Å². The third kappa shape index (κ3) is 12.9. The van der Waals surface area contributed by atoms with E-state index < -0.39 is 10.4 Å². The van der Waals surface area contributed by atoms with Crippen LogP contribution in [0.3, 0.4) is 0 Å². The fraction of sp³-hybridized carbons (Fsp3) is 0.667. The standard InChI is InChI=1S/C9H18N4.H2O4S/c1-8-2-5-13(6-3-8)7-4-12-9(10)11;1-5(2,3)4/h2H,3-7H2,1H3,(H4,10,11,12);(H2,1,2,3,4). The molecule has 106 valence electrons. The molecule has 0 aromatic heterocycles. The zero-order chi connectivity index (χ0) is 14.2. The van der Waals surface area contributed by atoms with E-state index in [2.05, 4.69) is 23.2 Å². The minimum absolute atomic E-state index is 0.0590. The molecule has 0 fully saturated rings. The van der Waals surface area contributed by atoms with Crippen molar-refractivity contribution in [1.82, 2.24) is 10.2 Å². The van der Waals surface area contributed by atoms with E-state index in [0.717, 1.165) is 26.2 Å². The van der Waals surface area contributed by atoms with Crippen LogP contribution in [-0.4, -0.2) is 54.6 Å². The van der Waals surface area contributed by atoms with E-state index in [9.17, 15) is 0 Å². The Morgan fingerprint density at radius 2 is 2.17 bits per heavy atom. The largest absolute Gasteiger partial charge is 0.394 e. The smallest absolute Gasteiger partial charge is 0.370 e. The van der Waals surface area contributed by atoms with Gasteiger partial charge in [-0.15, -0.1) is 0 Å². The SMILES string of the molecule is CC1=CCN(CCNC(=N)N)CC1.O=S(=O)(O)O. The van der Waals surface area contributed by atoms with Crippen molar-refractivity contribution < 1.29 is 17.5 Å². The summed E-state index contributed by atoms with van der Waals surface area (Å²) in [5, 5.41) is 9.78. The van der Waals surface area contributed by atoms with Crippen LogP contribution < -0.4 is 11.1 Å². The summed E-state index contributed by atoms with van der Waals surface area (Å²) in [5.41, 5.74) is 6.65. The van der Waals surface area contributed by atoms with Crippen LogP contribution in [0.4, 0.5) is 0 Å². The molecule has 0 saturated carbocycles. The van der Waals surface area contributed by atoms with E-state index in [1.807, 2.05) is 0 Å². The summed E-state index contributed by atoms with van der Waals surface area (Å²) in [5.74, 6) is 0.0590. The molecule has 8 nitrogen and oxygen atoms in total. The lowest BCUT2D eigenvalue weighted by Crippen LogP contribution is -2.39. The van der Waals surface area contributed by atoms with Gasteiger partial charge in [0.2, 0.25) is 0 Å². The molecule has 9 heteroatoms. The highest BCUT2D eigenvalue weighted by Crippen LogP contribution is 2.08. The highest BCUT2D eigenvalue weighted by atomic mass is 32.3. The Morgan fingerprint density at radius 3 is 2.56 bits per heavy atom. The molecule has 0 spiro atoms. The summed E-state index contributed by atoms with van der Waals surface area (Å²) in [6.45, 7) is 6.06. The topological polar surface area (TPSA) is 140 Å². The Hall–Kier alpha value is -1.16. The van der Waals surface area contributed by atoms with Gasteiger partial charge < -0.3 is 11.1 Å². The number of guanidine groups is 1. The lowest BCUT2D eigenvalue weighted by molar-refractivity contribution is 0.298. The van der Waals surface area contributed by atoms with Gasteiger partial charge in [-0.25, -0.2) is 0 Å². The van der Waals surface area contributed by atoms with Crippen LogP contribution in [0, 0.1) is 5.41 Å². The number of nitrogens with zero attached hydrogens (tertiary/aromatic N) is 1. The van der Waals surface area contributed by atoms with Crippen molar-refractivity contribution in [2.45, 2.75) is 13.3 Å². The highest BCUT2D eigenvalue weighted by molar-refractivity contribution is 7.79. The molecular weight excluding hydrogens is 260 g/mol. The minimum atomic E-state index is -4.67. The van der Waals surface area contributed by atoms with Gasteiger partial charge >= 0.3 is 10.4 Å². The molecule has 0 saturated heterocycles. The van der Waals surface area contributed by atoms with Crippen LogP contribution in [0.25, 0.3) is 0 Å². The van der Waals surface area contributed by atoms with Gasteiger partial charge in [-0.05, 0) is 13.3 Å². The summed E-state index contributed by atoms with van der Waals surface area (Å²) in [4.78, 5) is 2.35. The second-order valence-electron chi connectivity index (χ2n) is 3.89. The first kappa shape index (κ1) is 16.8. The first-order valence-electron chi connectivity index (χ1n) is 5.34. The van der Waals surface area contributed by atoms with Gasteiger partial charge in [-0.3, -0.25) is 19.4 Å². The summed E-state index contributed by atoms with van der Waals surface area (Å²) in [7, 11) is -4.67. The molecule has 6 N–H and O–H groups in total. The monoisotopic (exact) mass is 280 g/mol. The van der Waals surface area contributed by atoms with Crippen molar-refractivity contribution >= 4 is 16.4 Å². The van der Waals surface area contributed by atoms with Gasteiger partial charge in [0.15, 0.2) is 5.96 Å². The molecule has 0 bridgehead atoms. The van der Waals surface area contributed by atoms with Crippen molar-refractivity contribution in [3.63, 3.8) is 0 Å². The second kappa shape index (κ2) is 8.03. The predicted octanol–water partition coefficient (Wildman–Crippen LogP) is -0.531. The third-order valence-electron chi connectivity index (χ3n) is 2.26. The van der Waals surface area contributed by atoms with Crippen LogP contribution in [0.5, 0.6) is 0 Å². The van der Waals surface area contributed by atoms with Gasteiger partial charge in [0.1, 0.15) is 0 Å². The summed E-state index contributed by atoms with van der Waals surface area (Å²) in [6.07, 6.45) is 3.43. The van der Waals surface area contributed by atoms with Crippen LogP contribution >= 0.6 is 0 Å². The van der Waals surface area contributed by atoms with Crippen LogP contribution in [0.15, 0.2) is 11.6 Å². The van der Waals surface area contributed by atoms with Gasteiger partial charge in [0, 0.05) is 26.2 Å².